The van der Waals surface area contributed by atoms with Gasteiger partial charge in [-0.3, -0.25) is 9.59 Å². The van der Waals surface area contributed by atoms with Gasteiger partial charge in [0.15, 0.2) is 0 Å². The number of hydrogen-bond donors (Lipinski definition) is 2. The predicted octanol–water partition coefficient (Wildman–Crippen LogP) is 3.53. The van der Waals surface area contributed by atoms with Crippen LogP contribution in [-0.2, 0) is 4.79 Å². The number of nitrogens with zero attached hydrogens (tertiary/aromatic N) is 1. The maximum atomic E-state index is 12.5. The van der Waals surface area contributed by atoms with Crippen LogP contribution in [0.25, 0.3) is 11.3 Å². The first-order valence-corrected chi connectivity index (χ1v) is 7.84. The minimum absolute atomic E-state index is 0.227. The third kappa shape index (κ3) is 3.76. The Hall–Kier alpha value is -2.34. The van der Waals surface area contributed by atoms with E-state index >= 15 is 0 Å². The summed E-state index contributed by atoms with van der Waals surface area (Å²) in [7, 11) is 0. The topological polar surface area (TPSA) is 92.4 Å². The molecule has 1 heterocycles. The summed E-state index contributed by atoms with van der Waals surface area (Å²) >= 11 is 6.17. The standard InChI is InChI=1S/C17H19ClN2O4/c1-10-13(15(21)19-9-8-17(2,3)16(22)23)14(20-24-10)11-6-4-5-7-12(11)18/h4-7H,8-9H2,1-3H3,(H,19,21)(H,22,23). The monoisotopic (exact) mass is 350 g/mol. The number of carboxylic acid groups (broad SMARTS) is 1. The highest BCUT2D eigenvalue weighted by Gasteiger charge is 2.28. The second-order valence-corrected chi connectivity index (χ2v) is 6.54. The molecule has 1 aromatic carbocycles. The third-order valence-electron chi connectivity index (χ3n) is 3.83. The highest BCUT2D eigenvalue weighted by Crippen LogP contribution is 2.31. The molecule has 0 atom stereocenters. The van der Waals surface area contributed by atoms with Gasteiger partial charge in [0.05, 0.1) is 10.4 Å². The van der Waals surface area contributed by atoms with E-state index in [1.165, 1.54) is 0 Å². The number of benzene rings is 1. The van der Waals surface area contributed by atoms with Gasteiger partial charge in [0, 0.05) is 12.1 Å². The smallest absolute Gasteiger partial charge is 0.309 e. The van der Waals surface area contributed by atoms with Crippen molar-refractivity contribution in [2.24, 2.45) is 5.41 Å². The van der Waals surface area contributed by atoms with E-state index in [2.05, 4.69) is 10.5 Å². The third-order valence-corrected chi connectivity index (χ3v) is 4.16. The molecule has 7 heteroatoms. The maximum Gasteiger partial charge on any atom is 0.309 e. The fraction of sp³-hybridized carbons (Fsp3) is 0.353. The molecular weight excluding hydrogens is 332 g/mol. The number of carbonyl (C=O) groups excluding carboxylic acids is 1. The minimum atomic E-state index is -0.914. The van der Waals surface area contributed by atoms with E-state index in [1.807, 2.05) is 0 Å². The number of hydrogen-bond acceptors (Lipinski definition) is 4. The van der Waals surface area contributed by atoms with Crippen LogP contribution in [0.3, 0.4) is 0 Å². The first-order valence-electron chi connectivity index (χ1n) is 7.47. The predicted molar refractivity (Wildman–Crippen MR) is 90.1 cm³/mol. The van der Waals surface area contributed by atoms with Crippen molar-refractivity contribution in [2.45, 2.75) is 27.2 Å². The lowest BCUT2D eigenvalue weighted by Gasteiger charge is -2.18. The molecule has 0 spiro atoms. The van der Waals surface area contributed by atoms with E-state index in [1.54, 1.807) is 45.0 Å². The number of halogens is 1. The van der Waals surface area contributed by atoms with Gasteiger partial charge in [-0.25, -0.2) is 0 Å². The molecule has 0 bridgehead atoms. The number of aryl methyl sites for hydroxylation is 1. The summed E-state index contributed by atoms with van der Waals surface area (Å²) in [5, 5.41) is 16.2. The zero-order valence-electron chi connectivity index (χ0n) is 13.7. The lowest BCUT2D eigenvalue weighted by molar-refractivity contribution is -0.147. The second kappa shape index (κ2) is 7.05. The molecule has 1 amide bonds. The SMILES string of the molecule is Cc1onc(-c2ccccc2Cl)c1C(=O)NCCC(C)(C)C(=O)O. The van der Waals surface area contributed by atoms with Gasteiger partial charge in [0.2, 0.25) is 0 Å². The number of amides is 1. The largest absolute Gasteiger partial charge is 0.481 e. The molecule has 0 aliphatic rings. The summed E-state index contributed by atoms with van der Waals surface area (Å²) in [6.07, 6.45) is 0.305. The Morgan fingerprint density at radius 1 is 1.33 bits per heavy atom. The van der Waals surface area contributed by atoms with Gasteiger partial charge in [-0.2, -0.15) is 0 Å². The Kier molecular flexibility index (Phi) is 5.29. The van der Waals surface area contributed by atoms with Crippen molar-refractivity contribution < 1.29 is 19.2 Å². The molecule has 0 radical (unpaired) electrons. The summed E-state index contributed by atoms with van der Waals surface area (Å²) in [5.41, 5.74) is 0.360. The highest BCUT2D eigenvalue weighted by atomic mass is 35.5. The van der Waals surface area contributed by atoms with E-state index in [0.717, 1.165) is 0 Å². The zero-order chi connectivity index (χ0) is 17.9. The van der Waals surface area contributed by atoms with Crippen LogP contribution >= 0.6 is 11.6 Å². The Bertz CT molecular complexity index is 768. The molecule has 128 valence electrons. The molecule has 24 heavy (non-hydrogen) atoms. The van der Waals surface area contributed by atoms with E-state index in [9.17, 15) is 9.59 Å². The highest BCUT2D eigenvalue weighted by molar-refractivity contribution is 6.33. The number of rotatable bonds is 6. The van der Waals surface area contributed by atoms with Gasteiger partial charge in [0.1, 0.15) is 17.0 Å². The summed E-state index contributed by atoms with van der Waals surface area (Å²) < 4.78 is 5.15. The summed E-state index contributed by atoms with van der Waals surface area (Å²) in [4.78, 5) is 23.6. The van der Waals surface area contributed by atoms with Crippen LogP contribution in [0.1, 0.15) is 36.4 Å². The van der Waals surface area contributed by atoms with E-state index in [4.69, 9.17) is 21.2 Å². The Morgan fingerprint density at radius 3 is 2.62 bits per heavy atom. The molecule has 6 nitrogen and oxygen atoms in total. The van der Waals surface area contributed by atoms with Crippen LogP contribution in [0.2, 0.25) is 5.02 Å². The second-order valence-electron chi connectivity index (χ2n) is 6.14. The number of aromatic nitrogens is 1. The lowest BCUT2D eigenvalue weighted by Crippen LogP contribution is -2.32. The van der Waals surface area contributed by atoms with Crippen LogP contribution < -0.4 is 5.32 Å². The molecule has 0 aliphatic carbocycles. The minimum Gasteiger partial charge on any atom is -0.481 e. The van der Waals surface area contributed by atoms with Crippen molar-refractivity contribution in [2.75, 3.05) is 6.54 Å². The average molecular weight is 351 g/mol. The van der Waals surface area contributed by atoms with Crippen LogP contribution in [0.4, 0.5) is 0 Å². The Balaban J connectivity index is 2.18. The van der Waals surface area contributed by atoms with Crippen molar-refractivity contribution >= 4 is 23.5 Å². The number of carbonyl (C=O) groups is 2. The van der Waals surface area contributed by atoms with Crippen molar-refractivity contribution in [1.29, 1.82) is 0 Å². The van der Waals surface area contributed by atoms with Gasteiger partial charge < -0.3 is 14.9 Å². The molecule has 0 unspecified atom stereocenters. The Morgan fingerprint density at radius 2 is 2.00 bits per heavy atom. The van der Waals surface area contributed by atoms with E-state index in [-0.39, 0.29) is 12.5 Å². The van der Waals surface area contributed by atoms with Gasteiger partial charge in [0.25, 0.3) is 5.91 Å². The first-order chi connectivity index (χ1) is 11.2. The summed E-state index contributed by atoms with van der Waals surface area (Å²) in [5.74, 6) is -0.903. The quantitative estimate of drug-likeness (QED) is 0.831. The Labute approximate surface area is 144 Å². The lowest BCUT2D eigenvalue weighted by atomic mass is 9.89. The van der Waals surface area contributed by atoms with E-state index < -0.39 is 11.4 Å². The number of aliphatic carboxylic acids is 1. The maximum absolute atomic E-state index is 12.5. The summed E-state index contributed by atoms with van der Waals surface area (Å²) in [6, 6.07) is 7.04. The van der Waals surface area contributed by atoms with Crippen LogP contribution in [0.5, 0.6) is 0 Å². The fourth-order valence-electron chi connectivity index (χ4n) is 2.16. The fourth-order valence-corrected chi connectivity index (χ4v) is 2.39. The number of carboxylic acids is 1. The first kappa shape index (κ1) is 18.0. The molecule has 0 fully saturated rings. The average Bonchev–Trinajstić information content (AvgIpc) is 2.89. The molecule has 0 saturated heterocycles. The van der Waals surface area contributed by atoms with Gasteiger partial charge in [-0.1, -0.05) is 35.0 Å². The van der Waals surface area contributed by atoms with E-state index in [0.29, 0.717) is 34.0 Å². The molecular formula is C17H19ClN2O4. The summed E-state index contributed by atoms with van der Waals surface area (Å²) in [6.45, 7) is 5.09. The molecule has 2 rings (SSSR count). The molecule has 2 aromatic rings. The normalized spacial score (nSPS) is 11.3. The van der Waals surface area contributed by atoms with Crippen LogP contribution in [-0.4, -0.2) is 28.7 Å². The molecule has 1 aromatic heterocycles. The van der Waals surface area contributed by atoms with Crippen LogP contribution in [0.15, 0.2) is 28.8 Å². The van der Waals surface area contributed by atoms with Crippen molar-refractivity contribution in [1.82, 2.24) is 10.5 Å². The van der Waals surface area contributed by atoms with Crippen molar-refractivity contribution in [3.8, 4) is 11.3 Å². The van der Waals surface area contributed by atoms with Gasteiger partial charge in [-0.05, 0) is 33.3 Å². The van der Waals surface area contributed by atoms with Crippen molar-refractivity contribution in [3.63, 3.8) is 0 Å². The molecule has 2 N–H and O–H groups in total. The number of nitrogens with one attached hydrogen (secondary N) is 1. The van der Waals surface area contributed by atoms with Crippen LogP contribution in [0, 0.1) is 12.3 Å². The molecule has 0 saturated carbocycles. The van der Waals surface area contributed by atoms with Gasteiger partial charge >= 0.3 is 5.97 Å². The zero-order valence-corrected chi connectivity index (χ0v) is 14.5. The van der Waals surface area contributed by atoms with Crippen molar-refractivity contribution in [3.05, 3.63) is 40.6 Å². The molecule has 0 aliphatic heterocycles. The van der Waals surface area contributed by atoms with Gasteiger partial charge in [-0.15, -0.1) is 0 Å².